The van der Waals surface area contributed by atoms with Gasteiger partial charge < -0.3 is 9.47 Å². The zero-order valence-electron chi connectivity index (χ0n) is 18.4. The van der Waals surface area contributed by atoms with Gasteiger partial charge in [-0.05, 0) is 13.0 Å². The van der Waals surface area contributed by atoms with Gasteiger partial charge in [0.05, 0.1) is 12.0 Å². The number of halogens is 15. The number of esters is 1. The van der Waals surface area contributed by atoms with E-state index in [0.717, 1.165) is 31.2 Å². The van der Waals surface area contributed by atoms with Crippen LogP contribution in [-0.2, 0) is 15.1 Å². The second-order valence-electron chi connectivity index (χ2n) is 7.78. The zero-order chi connectivity index (χ0) is 29.7. The van der Waals surface area contributed by atoms with Gasteiger partial charge in [-0.25, -0.2) is 0 Å². The van der Waals surface area contributed by atoms with E-state index in [9.17, 15) is 70.7 Å². The Morgan fingerprint density at radius 2 is 1.11 bits per heavy atom. The first kappa shape index (κ1) is 32.6. The molecular formula is C19H15F15O3. The van der Waals surface area contributed by atoms with E-state index in [4.69, 9.17) is 0 Å². The molecule has 214 valence electrons. The predicted molar refractivity (Wildman–Crippen MR) is 92.5 cm³/mol. The minimum atomic E-state index is -8.38. The summed E-state index contributed by atoms with van der Waals surface area (Å²) in [5, 5.41) is 0. The molecule has 0 spiro atoms. The molecule has 0 aliphatic heterocycles. The van der Waals surface area contributed by atoms with E-state index in [-0.39, 0.29) is 0 Å². The number of carbonyl (C=O) groups is 1. The van der Waals surface area contributed by atoms with Crippen molar-refractivity contribution in [2.75, 3.05) is 7.11 Å². The maximum absolute atomic E-state index is 14.5. The number of alkyl halides is 15. The first-order valence-corrected chi connectivity index (χ1v) is 9.34. The van der Waals surface area contributed by atoms with Crippen LogP contribution in [0.4, 0.5) is 65.9 Å². The summed E-state index contributed by atoms with van der Waals surface area (Å²) in [5.41, 5.74) is -3.71. The summed E-state index contributed by atoms with van der Waals surface area (Å²) in [6.45, 7) is 1.24. The number of methoxy groups -OCH3 is 1. The monoisotopic (exact) mass is 576 g/mol. The van der Waals surface area contributed by atoms with Crippen LogP contribution in [0.2, 0.25) is 0 Å². The van der Waals surface area contributed by atoms with Crippen LogP contribution < -0.4 is 4.74 Å². The van der Waals surface area contributed by atoms with Gasteiger partial charge in [-0.1, -0.05) is 18.2 Å². The number of rotatable bonds is 10. The van der Waals surface area contributed by atoms with Crippen molar-refractivity contribution in [3.05, 3.63) is 29.8 Å². The van der Waals surface area contributed by atoms with E-state index in [1.807, 2.05) is 0 Å². The maximum atomic E-state index is 14.5. The van der Waals surface area contributed by atoms with E-state index < -0.39 is 71.0 Å². The summed E-state index contributed by atoms with van der Waals surface area (Å²) in [6.07, 6.45) is -10.5. The molecule has 1 atom stereocenters. The van der Waals surface area contributed by atoms with E-state index in [1.165, 1.54) is 0 Å². The molecule has 1 rings (SSSR count). The lowest BCUT2D eigenvalue weighted by molar-refractivity contribution is -0.453. The highest BCUT2D eigenvalue weighted by molar-refractivity contribution is 5.70. The lowest BCUT2D eigenvalue weighted by Gasteiger charge is -2.43. The van der Waals surface area contributed by atoms with Crippen LogP contribution in [0.15, 0.2) is 24.3 Å². The lowest BCUT2D eigenvalue weighted by atomic mass is 9.83. The van der Waals surface area contributed by atoms with Crippen LogP contribution in [0.1, 0.15) is 25.8 Å². The number of benzene rings is 1. The molecule has 0 heterocycles. The van der Waals surface area contributed by atoms with Crippen LogP contribution in [0.25, 0.3) is 0 Å². The molecule has 3 nitrogen and oxygen atoms in total. The van der Waals surface area contributed by atoms with Gasteiger partial charge in [-0.15, -0.1) is 0 Å². The van der Waals surface area contributed by atoms with Crippen molar-refractivity contribution >= 4 is 5.97 Å². The molecule has 0 saturated carbocycles. The molecule has 0 amide bonds. The largest absolute Gasteiger partial charge is 0.460 e. The van der Waals surface area contributed by atoms with E-state index in [0.29, 0.717) is 14.0 Å². The van der Waals surface area contributed by atoms with Crippen molar-refractivity contribution < 1.29 is 80.1 Å². The van der Waals surface area contributed by atoms with E-state index in [2.05, 4.69) is 9.47 Å². The summed E-state index contributed by atoms with van der Waals surface area (Å²) in [4.78, 5) is 11.2. The Morgan fingerprint density at radius 3 is 1.51 bits per heavy atom. The zero-order valence-corrected chi connectivity index (χ0v) is 18.4. The predicted octanol–water partition coefficient (Wildman–Crippen LogP) is 7.24. The van der Waals surface area contributed by atoms with Crippen LogP contribution >= 0.6 is 0 Å². The number of hydrogen-bond donors (Lipinski definition) is 0. The first-order valence-electron chi connectivity index (χ1n) is 9.34. The number of ether oxygens (including phenoxy) is 2. The number of hydrogen-bond acceptors (Lipinski definition) is 3. The molecule has 0 saturated heterocycles. The molecule has 1 aromatic carbocycles. The van der Waals surface area contributed by atoms with Crippen LogP contribution in [0, 0.1) is 0 Å². The molecular weight excluding hydrogens is 561 g/mol. The summed E-state index contributed by atoms with van der Waals surface area (Å²) >= 11 is 0. The van der Waals surface area contributed by atoms with Crippen LogP contribution in [-0.4, -0.2) is 54.8 Å². The number of carbonyl (C=O) groups excluding carboxylic acids is 1. The normalized spacial score (nSPS) is 16.4. The molecule has 0 aliphatic carbocycles. The third-order valence-electron chi connectivity index (χ3n) is 5.11. The fraction of sp³-hybridized carbons (Fsp3) is 0.632. The Kier molecular flexibility index (Phi) is 8.30. The van der Waals surface area contributed by atoms with Crippen molar-refractivity contribution in [3.63, 3.8) is 0 Å². The first-order chi connectivity index (χ1) is 16.2. The Morgan fingerprint density at radius 1 is 0.703 bits per heavy atom. The molecule has 0 aromatic heterocycles. The topological polar surface area (TPSA) is 35.5 Å². The SMILES string of the molecule is COC(C)(CC(F)(F)C(F)(F)C(F)(F)C(F)(F)C(F)(F)C(F)(F)C(F)(F)F)c1ccccc1OC(C)=O. The molecule has 37 heavy (non-hydrogen) atoms. The summed E-state index contributed by atoms with van der Waals surface area (Å²) < 4.78 is 211. The van der Waals surface area contributed by atoms with Gasteiger partial charge in [0.2, 0.25) is 0 Å². The lowest BCUT2D eigenvalue weighted by Crippen LogP contribution is -2.72. The molecule has 1 aromatic rings. The second kappa shape index (κ2) is 9.41. The van der Waals surface area contributed by atoms with Crippen molar-refractivity contribution in [2.24, 2.45) is 0 Å². The summed E-state index contributed by atoms with van der Waals surface area (Å²) in [5.74, 6) is -49.0. The number of para-hydroxylation sites is 1. The highest BCUT2D eigenvalue weighted by atomic mass is 19.4. The minimum Gasteiger partial charge on any atom is -0.426 e. The van der Waals surface area contributed by atoms with Crippen molar-refractivity contribution in [3.8, 4) is 5.75 Å². The standard InChI is InChI=1S/C19H15F15O3/c1-9(35)37-11-7-5-4-6-10(11)12(2,36-3)8-13(20,21)14(22,23)15(24,25)16(26,27)17(28,29)18(30,31)19(32,33)34/h4-7H,8H2,1-3H3. The Labute approximate surface area is 197 Å². The fourth-order valence-corrected chi connectivity index (χ4v) is 2.96. The molecule has 0 N–H and O–H groups in total. The van der Waals surface area contributed by atoms with Gasteiger partial charge in [0.15, 0.2) is 0 Å². The molecule has 0 radical (unpaired) electrons. The minimum absolute atomic E-state index is 0.460. The van der Waals surface area contributed by atoms with Crippen molar-refractivity contribution in [2.45, 2.75) is 67.6 Å². The van der Waals surface area contributed by atoms with Crippen molar-refractivity contribution in [1.29, 1.82) is 0 Å². The third-order valence-corrected chi connectivity index (χ3v) is 5.11. The summed E-state index contributed by atoms with van der Waals surface area (Å²) in [6, 6.07) is 3.73. The Bertz CT molecular complexity index is 987. The van der Waals surface area contributed by atoms with Gasteiger partial charge in [-0.2, -0.15) is 65.9 Å². The second-order valence-corrected chi connectivity index (χ2v) is 7.78. The van der Waals surface area contributed by atoms with Gasteiger partial charge in [0.1, 0.15) is 5.75 Å². The maximum Gasteiger partial charge on any atom is 0.460 e. The van der Waals surface area contributed by atoms with Gasteiger partial charge in [0, 0.05) is 19.6 Å². The smallest absolute Gasteiger partial charge is 0.426 e. The van der Waals surface area contributed by atoms with E-state index in [1.54, 1.807) is 0 Å². The van der Waals surface area contributed by atoms with Gasteiger partial charge in [0.25, 0.3) is 0 Å². The Hall–Kier alpha value is -2.40. The average Bonchev–Trinajstić information content (AvgIpc) is 2.71. The highest BCUT2D eigenvalue weighted by Crippen LogP contribution is 2.63. The van der Waals surface area contributed by atoms with Crippen LogP contribution in [0.5, 0.6) is 5.75 Å². The van der Waals surface area contributed by atoms with Gasteiger partial charge >= 0.3 is 47.7 Å². The molecule has 0 aliphatic rings. The molecule has 0 fully saturated rings. The summed E-state index contributed by atoms with van der Waals surface area (Å²) in [7, 11) is 0.504. The molecule has 18 heteroatoms. The molecule has 0 bridgehead atoms. The highest BCUT2D eigenvalue weighted by Gasteiger charge is 2.93. The third kappa shape index (κ3) is 5.04. The average molecular weight is 576 g/mol. The van der Waals surface area contributed by atoms with E-state index >= 15 is 0 Å². The van der Waals surface area contributed by atoms with Crippen LogP contribution in [0.3, 0.4) is 0 Å². The quantitative estimate of drug-likeness (QED) is 0.168. The van der Waals surface area contributed by atoms with Crippen molar-refractivity contribution in [1.82, 2.24) is 0 Å². The Balaban J connectivity index is 3.66. The fourth-order valence-electron chi connectivity index (χ4n) is 2.96. The van der Waals surface area contributed by atoms with Gasteiger partial charge in [-0.3, -0.25) is 4.79 Å². The molecule has 1 unspecified atom stereocenters.